The first-order valence-corrected chi connectivity index (χ1v) is 5.27. The molecule has 2 rings (SSSR count). The SMILES string of the molecule is COc1nsnc1C1CC=CN(C)C1. The molecule has 2 heterocycles. The zero-order valence-corrected chi connectivity index (χ0v) is 9.12. The number of rotatable bonds is 2. The van der Waals surface area contributed by atoms with Crippen LogP contribution in [0.15, 0.2) is 12.3 Å². The first-order chi connectivity index (χ1) is 6.81. The van der Waals surface area contributed by atoms with Crippen molar-refractivity contribution in [2.45, 2.75) is 12.3 Å². The minimum Gasteiger partial charge on any atom is -0.479 e. The molecule has 1 aromatic rings. The van der Waals surface area contributed by atoms with Crippen molar-refractivity contribution >= 4 is 11.7 Å². The molecule has 0 aliphatic carbocycles. The third-order valence-electron chi connectivity index (χ3n) is 2.35. The summed E-state index contributed by atoms with van der Waals surface area (Å²) in [5.41, 5.74) is 0.994. The van der Waals surface area contributed by atoms with Crippen LogP contribution in [0, 0.1) is 0 Å². The van der Waals surface area contributed by atoms with Crippen molar-refractivity contribution in [3.63, 3.8) is 0 Å². The zero-order chi connectivity index (χ0) is 9.97. The average molecular weight is 211 g/mol. The Labute approximate surface area is 87.5 Å². The molecule has 0 fully saturated rings. The van der Waals surface area contributed by atoms with Gasteiger partial charge in [-0.25, -0.2) is 0 Å². The van der Waals surface area contributed by atoms with Gasteiger partial charge in [-0.2, -0.15) is 4.37 Å². The van der Waals surface area contributed by atoms with Crippen LogP contribution < -0.4 is 4.74 Å². The van der Waals surface area contributed by atoms with E-state index in [1.807, 2.05) is 0 Å². The molecule has 0 N–H and O–H groups in total. The van der Waals surface area contributed by atoms with Crippen LogP contribution in [-0.2, 0) is 0 Å². The maximum absolute atomic E-state index is 5.17. The Balaban J connectivity index is 2.19. The molecule has 1 aromatic heterocycles. The van der Waals surface area contributed by atoms with E-state index in [0.29, 0.717) is 11.8 Å². The van der Waals surface area contributed by atoms with Gasteiger partial charge in [-0.05, 0) is 12.6 Å². The lowest BCUT2D eigenvalue weighted by Gasteiger charge is -2.24. The van der Waals surface area contributed by atoms with Crippen LogP contribution in [0.25, 0.3) is 0 Å². The molecule has 1 aliphatic rings. The molecule has 76 valence electrons. The molecule has 1 aliphatic heterocycles. The van der Waals surface area contributed by atoms with Crippen molar-refractivity contribution in [2.75, 3.05) is 20.7 Å². The van der Waals surface area contributed by atoms with Gasteiger partial charge in [-0.1, -0.05) is 6.08 Å². The van der Waals surface area contributed by atoms with E-state index in [-0.39, 0.29) is 0 Å². The van der Waals surface area contributed by atoms with Crippen LogP contribution in [0.4, 0.5) is 0 Å². The fourth-order valence-corrected chi connectivity index (χ4v) is 2.26. The van der Waals surface area contributed by atoms with Crippen molar-refractivity contribution in [2.24, 2.45) is 0 Å². The van der Waals surface area contributed by atoms with Crippen molar-refractivity contribution in [3.8, 4) is 5.88 Å². The topological polar surface area (TPSA) is 38.3 Å². The van der Waals surface area contributed by atoms with Gasteiger partial charge in [0.25, 0.3) is 0 Å². The highest BCUT2D eigenvalue weighted by molar-refractivity contribution is 6.99. The van der Waals surface area contributed by atoms with E-state index in [9.17, 15) is 0 Å². The molecule has 0 aromatic carbocycles. The molecule has 14 heavy (non-hydrogen) atoms. The number of allylic oxidation sites excluding steroid dienone is 1. The molecular formula is C9H13N3OS. The number of hydrogen-bond donors (Lipinski definition) is 0. The first kappa shape index (κ1) is 9.45. The van der Waals surface area contributed by atoms with E-state index in [4.69, 9.17) is 4.74 Å². The molecule has 4 nitrogen and oxygen atoms in total. The molecule has 0 saturated carbocycles. The summed E-state index contributed by atoms with van der Waals surface area (Å²) in [6, 6.07) is 0. The second kappa shape index (κ2) is 3.96. The molecule has 0 radical (unpaired) electrons. The minimum absolute atomic E-state index is 0.415. The number of ether oxygens (including phenoxy) is 1. The Kier molecular flexibility index (Phi) is 2.67. The molecule has 0 amide bonds. The van der Waals surface area contributed by atoms with Crippen molar-refractivity contribution in [1.29, 1.82) is 0 Å². The largest absolute Gasteiger partial charge is 0.479 e. The summed E-state index contributed by atoms with van der Waals surface area (Å²) in [5, 5.41) is 0. The fourth-order valence-electron chi connectivity index (χ4n) is 1.66. The molecular weight excluding hydrogens is 198 g/mol. The standard InChI is InChI=1S/C9H13N3OS/c1-12-5-3-4-7(6-12)8-9(13-2)11-14-10-8/h3,5,7H,4,6H2,1-2H3. The number of aromatic nitrogens is 2. The highest BCUT2D eigenvalue weighted by atomic mass is 32.1. The van der Waals surface area contributed by atoms with Crippen LogP contribution in [-0.4, -0.2) is 34.3 Å². The van der Waals surface area contributed by atoms with Gasteiger partial charge in [0.1, 0.15) is 5.69 Å². The molecule has 5 heteroatoms. The van der Waals surface area contributed by atoms with Crippen molar-refractivity contribution in [3.05, 3.63) is 18.0 Å². The summed E-state index contributed by atoms with van der Waals surface area (Å²) in [7, 11) is 3.71. The maximum Gasteiger partial charge on any atom is 0.249 e. The molecule has 1 unspecified atom stereocenters. The van der Waals surface area contributed by atoms with Gasteiger partial charge < -0.3 is 9.64 Å². The van der Waals surface area contributed by atoms with E-state index in [0.717, 1.165) is 18.7 Å². The Hall–Kier alpha value is -1.10. The van der Waals surface area contributed by atoms with Crippen molar-refractivity contribution in [1.82, 2.24) is 13.6 Å². The third-order valence-corrected chi connectivity index (χ3v) is 2.88. The zero-order valence-electron chi connectivity index (χ0n) is 8.30. The molecule has 0 saturated heterocycles. The van der Waals surface area contributed by atoms with Crippen LogP contribution in [0.2, 0.25) is 0 Å². The van der Waals surface area contributed by atoms with Gasteiger partial charge in [-0.3, -0.25) is 0 Å². The summed E-state index contributed by atoms with van der Waals surface area (Å²) in [6.07, 6.45) is 5.28. The van der Waals surface area contributed by atoms with Crippen LogP contribution in [0.1, 0.15) is 18.0 Å². The summed E-state index contributed by atoms with van der Waals surface area (Å²) >= 11 is 1.22. The summed E-state index contributed by atoms with van der Waals surface area (Å²) in [5.74, 6) is 1.10. The second-order valence-corrected chi connectivity index (χ2v) is 3.94. The van der Waals surface area contributed by atoms with Gasteiger partial charge in [-0.15, -0.1) is 4.37 Å². The lowest BCUT2D eigenvalue weighted by molar-refractivity contribution is 0.361. The lowest BCUT2D eigenvalue weighted by atomic mass is 9.99. The number of methoxy groups -OCH3 is 1. The van der Waals surface area contributed by atoms with E-state index in [1.54, 1.807) is 7.11 Å². The van der Waals surface area contributed by atoms with Gasteiger partial charge in [0, 0.05) is 19.5 Å². The maximum atomic E-state index is 5.17. The van der Waals surface area contributed by atoms with E-state index < -0.39 is 0 Å². The summed E-state index contributed by atoms with van der Waals surface area (Å²) < 4.78 is 13.6. The Morgan fingerprint density at radius 3 is 3.14 bits per heavy atom. The first-order valence-electron chi connectivity index (χ1n) is 4.54. The predicted molar refractivity (Wildman–Crippen MR) is 55.6 cm³/mol. The third kappa shape index (κ3) is 1.72. The molecule has 0 spiro atoms. The second-order valence-electron chi connectivity index (χ2n) is 3.42. The summed E-state index contributed by atoms with van der Waals surface area (Å²) in [4.78, 5) is 2.16. The van der Waals surface area contributed by atoms with E-state index >= 15 is 0 Å². The Morgan fingerprint density at radius 1 is 1.57 bits per heavy atom. The monoisotopic (exact) mass is 211 g/mol. The van der Waals surface area contributed by atoms with Gasteiger partial charge in [0.2, 0.25) is 5.88 Å². The lowest BCUT2D eigenvalue weighted by Crippen LogP contribution is -2.23. The van der Waals surface area contributed by atoms with Gasteiger partial charge in [0.15, 0.2) is 0 Å². The van der Waals surface area contributed by atoms with Crippen LogP contribution in [0.3, 0.4) is 0 Å². The Morgan fingerprint density at radius 2 is 2.43 bits per heavy atom. The van der Waals surface area contributed by atoms with Gasteiger partial charge >= 0.3 is 0 Å². The fraction of sp³-hybridized carbons (Fsp3) is 0.556. The van der Waals surface area contributed by atoms with E-state index in [2.05, 4.69) is 33.0 Å². The highest BCUT2D eigenvalue weighted by Crippen LogP contribution is 2.29. The number of likely N-dealkylation sites (N-methyl/N-ethyl adjacent to an activating group) is 1. The summed E-state index contributed by atoms with van der Waals surface area (Å²) in [6.45, 7) is 0.984. The van der Waals surface area contributed by atoms with Crippen molar-refractivity contribution < 1.29 is 4.74 Å². The quantitative estimate of drug-likeness (QED) is 0.742. The average Bonchev–Trinajstić information content (AvgIpc) is 2.65. The van der Waals surface area contributed by atoms with Crippen LogP contribution in [0.5, 0.6) is 5.88 Å². The predicted octanol–water partition coefficient (Wildman–Crippen LogP) is 1.48. The number of nitrogens with zero attached hydrogens (tertiary/aromatic N) is 3. The van der Waals surface area contributed by atoms with Gasteiger partial charge in [0.05, 0.1) is 18.8 Å². The Bertz CT molecular complexity index is 337. The molecule has 1 atom stereocenters. The number of hydrogen-bond acceptors (Lipinski definition) is 5. The van der Waals surface area contributed by atoms with Crippen LogP contribution >= 0.6 is 11.7 Å². The highest BCUT2D eigenvalue weighted by Gasteiger charge is 2.22. The normalized spacial score (nSPS) is 21.3. The molecule has 0 bridgehead atoms. The van der Waals surface area contributed by atoms with E-state index in [1.165, 1.54) is 11.7 Å². The smallest absolute Gasteiger partial charge is 0.249 e. The minimum atomic E-state index is 0.415.